The van der Waals surface area contributed by atoms with E-state index in [1.807, 2.05) is 0 Å². The summed E-state index contributed by atoms with van der Waals surface area (Å²) in [5.74, 6) is 0.0799. The van der Waals surface area contributed by atoms with Crippen LogP contribution in [0.2, 0.25) is 0 Å². The number of aromatic carboxylic acids is 1. The molecule has 0 saturated carbocycles. The molecule has 0 saturated heterocycles. The summed E-state index contributed by atoms with van der Waals surface area (Å²) in [6.45, 7) is 9.48. The lowest BCUT2D eigenvalue weighted by atomic mass is 9.82. The number of carboxylic acid groups (broad SMARTS) is 1. The highest BCUT2D eigenvalue weighted by atomic mass is 16.4. The molecule has 0 radical (unpaired) electrons. The van der Waals surface area contributed by atoms with Crippen LogP contribution in [0, 0.1) is 11.3 Å². The third kappa shape index (κ3) is 4.06. The van der Waals surface area contributed by atoms with Gasteiger partial charge in [-0.05, 0) is 23.5 Å². The molecule has 0 aliphatic carbocycles. The Bertz CT molecular complexity index is 397. The largest absolute Gasteiger partial charge is 0.477 e. The molecule has 0 amide bonds. The Morgan fingerprint density at radius 3 is 2.65 bits per heavy atom. The summed E-state index contributed by atoms with van der Waals surface area (Å²) in [6.07, 6.45) is 0. The first-order valence-corrected chi connectivity index (χ1v) is 5.75. The Kier molecular flexibility index (Phi) is 4.10. The molecule has 1 aromatic heterocycles. The molecule has 1 aromatic rings. The Labute approximate surface area is 102 Å². The molecule has 94 valence electrons. The van der Waals surface area contributed by atoms with E-state index in [2.05, 4.69) is 38.0 Å². The number of hydrogen-bond acceptors (Lipinski definition) is 3. The summed E-state index contributed by atoms with van der Waals surface area (Å²) in [7, 11) is 0. The zero-order valence-electron chi connectivity index (χ0n) is 10.8. The van der Waals surface area contributed by atoms with Gasteiger partial charge in [0.25, 0.3) is 0 Å². The van der Waals surface area contributed by atoms with E-state index >= 15 is 0 Å². The normalized spacial score (nSPS) is 13.2. The van der Waals surface area contributed by atoms with Crippen molar-refractivity contribution in [2.75, 3.05) is 11.9 Å². The maximum Gasteiger partial charge on any atom is 0.354 e. The summed E-state index contributed by atoms with van der Waals surface area (Å²) in [5, 5.41) is 12.0. The number of anilines is 1. The van der Waals surface area contributed by atoms with Gasteiger partial charge in [0.05, 0.1) is 0 Å². The van der Waals surface area contributed by atoms with Gasteiger partial charge in [0.2, 0.25) is 0 Å². The van der Waals surface area contributed by atoms with Crippen molar-refractivity contribution in [3.63, 3.8) is 0 Å². The van der Waals surface area contributed by atoms with Crippen LogP contribution in [0.5, 0.6) is 0 Å². The van der Waals surface area contributed by atoms with E-state index in [1.165, 1.54) is 6.07 Å². The maximum atomic E-state index is 10.8. The number of carboxylic acids is 1. The van der Waals surface area contributed by atoms with Gasteiger partial charge in [0.15, 0.2) is 5.69 Å². The van der Waals surface area contributed by atoms with Gasteiger partial charge in [-0.3, -0.25) is 0 Å². The quantitative estimate of drug-likeness (QED) is 0.843. The lowest BCUT2D eigenvalue weighted by Crippen LogP contribution is -2.25. The molecule has 0 bridgehead atoms. The topological polar surface area (TPSA) is 62.2 Å². The molecule has 0 aromatic carbocycles. The van der Waals surface area contributed by atoms with Gasteiger partial charge in [0.1, 0.15) is 5.82 Å². The van der Waals surface area contributed by atoms with Crippen molar-refractivity contribution in [2.45, 2.75) is 27.7 Å². The first-order chi connectivity index (χ1) is 7.80. The lowest BCUT2D eigenvalue weighted by Gasteiger charge is -2.27. The summed E-state index contributed by atoms with van der Waals surface area (Å²) < 4.78 is 0. The number of nitrogens with zero attached hydrogens (tertiary/aromatic N) is 1. The molecule has 17 heavy (non-hydrogen) atoms. The molecular formula is C13H20N2O2. The number of rotatable bonds is 4. The average Bonchev–Trinajstić information content (AvgIpc) is 2.25. The van der Waals surface area contributed by atoms with Gasteiger partial charge in [-0.25, -0.2) is 9.78 Å². The van der Waals surface area contributed by atoms with Crippen LogP contribution in [0.25, 0.3) is 0 Å². The summed E-state index contributed by atoms with van der Waals surface area (Å²) in [4.78, 5) is 14.8. The number of aromatic nitrogens is 1. The number of pyridine rings is 1. The van der Waals surface area contributed by atoms with Crippen LogP contribution in [0.3, 0.4) is 0 Å². The highest BCUT2D eigenvalue weighted by Gasteiger charge is 2.19. The van der Waals surface area contributed by atoms with Crippen LogP contribution in [0.1, 0.15) is 38.2 Å². The maximum absolute atomic E-state index is 10.8. The van der Waals surface area contributed by atoms with Crippen LogP contribution in [0.4, 0.5) is 5.82 Å². The van der Waals surface area contributed by atoms with Crippen LogP contribution < -0.4 is 5.32 Å². The van der Waals surface area contributed by atoms with E-state index in [-0.39, 0.29) is 11.1 Å². The smallest absolute Gasteiger partial charge is 0.354 e. The van der Waals surface area contributed by atoms with Gasteiger partial charge in [-0.1, -0.05) is 33.8 Å². The Morgan fingerprint density at radius 1 is 1.47 bits per heavy atom. The fourth-order valence-corrected chi connectivity index (χ4v) is 1.22. The molecule has 1 heterocycles. The van der Waals surface area contributed by atoms with E-state index < -0.39 is 5.97 Å². The van der Waals surface area contributed by atoms with Crippen molar-refractivity contribution in [1.82, 2.24) is 4.98 Å². The number of carbonyl (C=O) groups is 1. The monoisotopic (exact) mass is 236 g/mol. The Hall–Kier alpha value is -1.58. The highest BCUT2D eigenvalue weighted by Crippen LogP contribution is 2.25. The minimum absolute atomic E-state index is 0.0680. The van der Waals surface area contributed by atoms with E-state index in [0.717, 1.165) is 6.54 Å². The van der Waals surface area contributed by atoms with Crippen molar-refractivity contribution < 1.29 is 9.90 Å². The zero-order chi connectivity index (χ0) is 13.1. The molecule has 2 N–H and O–H groups in total. The van der Waals surface area contributed by atoms with Crippen molar-refractivity contribution in [2.24, 2.45) is 11.3 Å². The standard InChI is InChI=1S/C13H20N2O2/c1-9(13(2,3)4)8-14-11-7-5-6-10(15-11)12(16)17/h5-7,9H,8H2,1-4H3,(H,14,15)(H,16,17). The lowest BCUT2D eigenvalue weighted by molar-refractivity contribution is 0.0690. The molecular weight excluding hydrogens is 216 g/mol. The SMILES string of the molecule is CC(CNc1cccc(C(=O)O)n1)C(C)(C)C. The van der Waals surface area contributed by atoms with E-state index in [0.29, 0.717) is 11.7 Å². The third-order valence-electron chi connectivity index (χ3n) is 3.04. The molecule has 4 nitrogen and oxygen atoms in total. The zero-order valence-corrected chi connectivity index (χ0v) is 10.8. The van der Waals surface area contributed by atoms with Gasteiger partial charge in [-0.2, -0.15) is 0 Å². The Morgan fingerprint density at radius 2 is 2.12 bits per heavy atom. The fraction of sp³-hybridized carbons (Fsp3) is 0.538. The highest BCUT2D eigenvalue weighted by molar-refractivity contribution is 5.85. The fourth-order valence-electron chi connectivity index (χ4n) is 1.22. The first kappa shape index (κ1) is 13.5. The minimum atomic E-state index is -1.00. The number of nitrogens with one attached hydrogen (secondary N) is 1. The average molecular weight is 236 g/mol. The first-order valence-electron chi connectivity index (χ1n) is 5.75. The molecule has 0 aliphatic rings. The van der Waals surface area contributed by atoms with Crippen molar-refractivity contribution in [1.29, 1.82) is 0 Å². The third-order valence-corrected chi connectivity index (χ3v) is 3.04. The molecule has 1 unspecified atom stereocenters. The van der Waals surface area contributed by atoms with E-state index in [9.17, 15) is 4.79 Å². The van der Waals surface area contributed by atoms with Crippen LogP contribution in [0.15, 0.2) is 18.2 Å². The van der Waals surface area contributed by atoms with Gasteiger partial charge >= 0.3 is 5.97 Å². The van der Waals surface area contributed by atoms with Gasteiger partial charge in [0, 0.05) is 6.54 Å². The van der Waals surface area contributed by atoms with E-state index in [4.69, 9.17) is 5.11 Å². The summed E-state index contributed by atoms with van der Waals surface area (Å²) in [6, 6.07) is 4.96. The van der Waals surface area contributed by atoms with Crippen LogP contribution in [-0.4, -0.2) is 22.6 Å². The van der Waals surface area contributed by atoms with Crippen molar-refractivity contribution in [3.8, 4) is 0 Å². The van der Waals surface area contributed by atoms with Crippen molar-refractivity contribution >= 4 is 11.8 Å². The van der Waals surface area contributed by atoms with Crippen LogP contribution >= 0.6 is 0 Å². The predicted molar refractivity (Wildman–Crippen MR) is 68.3 cm³/mol. The second-order valence-corrected chi connectivity index (χ2v) is 5.36. The second-order valence-electron chi connectivity index (χ2n) is 5.36. The number of hydrogen-bond donors (Lipinski definition) is 2. The molecule has 0 spiro atoms. The van der Waals surface area contributed by atoms with Crippen molar-refractivity contribution in [3.05, 3.63) is 23.9 Å². The molecule has 1 atom stereocenters. The van der Waals surface area contributed by atoms with Crippen LogP contribution in [-0.2, 0) is 0 Å². The second kappa shape index (κ2) is 5.17. The summed E-state index contributed by atoms with van der Waals surface area (Å²) in [5.41, 5.74) is 0.288. The van der Waals surface area contributed by atoms with Gasteiger partial charge in [-0.15, -0.1) is 0 Å². The molecule has 0 fully saturated rings. The molecule has 0 aliphatic heterocycles. The van der Waals surface area contributed by atoms with E-state index in [1.54, 1.807) is 12.1 Å². The Balaban J connectivity index is 2.64. The minimum Gasteiger partial charge on any atom is -0.477 e. The molecule has 4 heteroatoms. The summed E-state index contributed by atoms with van der Waals surface area (Å²) >= 11 is 0. The van der Waals surface area contributed by atoms with Gasteiger partial charge < -0.3 is 10.4 Å². The predicted octanol–water partition coefficient (Wildman–Crippen LogP) is 2.87. The molecule has 1 rings (SSSR count).